The first-order valence-corrected chi connectivity index (χ1v) is 10.4. The lowest BCUT2D eigenvalue weighted by molar-refractivity contribution is 0.106. The zero-order valence-electron chi connectivity index (χ0n) is 14.5. The number of hydrogen-bond acceptors (Lipinski definition) is 4. The summed E-state index contributed by atoms with van der Waals surface area (Å²) in [5.41, 5.74) is 0.350. The van der Waals surface area contributed by atoms with Gasteiger partial charge in [0.25, 0.3) is 0 Å². The molecule has 0 radical (unpaired) electrons. The van der Waals surface area contributed by atoms with E-state index in [0.29, 0.717) is 11.6 Å². The van der Waals surface area contributed by atoms with Crippen molar-refractivity contribution >= 4 is 17.7 Å². The summed E-state index contributed by atoms with van der Waals surface area (Å²) in [5, 5.41) is 7.06. The number of ether oxygens (including phenoxy) is 1. The van der Waals surface area contributed by atoms with Gasteiger partial charge in [0.2, 0.25) is 0 Å². The van der Waals surface area contributed by atoms with Crippen molar-refractivity contribution in [3.8, 4) is 0 Å². The maximum Gasteiger partial charge on any atom is 0.191 e. The standard InChI is InChI=1S/C17H32N4OS/c1-18-16(19-13-15-5-4-10-22-15)20-14-17(6-2-3-7-17)21-8-11-23-12-9-21/h15H,2-14H2,1H3,(H2,18,19,20). The van der Waals surface area contributed by atoms with Crippen molar-refractivity contribution in [2.45, 2.75) is 50.2 Å². The van der Waals surface area contributed by atoms with Gasteiger partial charge in [-0.3, -0.25) is 9.89 Å². The van der Waals surface area contributed by atoms with Gasteiger partial charge >= 0.3 is 0 Å². The lowest BCUT2D eigenvalue weighted by Crippen LogP contribution is -2.57. The molecular formula is C17H32N4OS. The first-order chi connectivity index (χ1) is 11.3. The van der Waals surface area contributed by atoms with Crippen LogP contribution in [0.1, 0.15) is 38.5 Å². The van der Waals surface area contributed by atoms with Crippen molar-refractivity contribution in [1.82, 2.24) is 15.5 Å². The molecule has 3 fully saturated rings. The molecule has 6 heteroatoms. The summed E-state index contributed by atoms with van der Waals surface area (Å²) in [7, 11) is 1.86. The van der Waals surface area contributed by atoms with Crippen LogP contribution in [0.3, 0.4) is 0 Å². The van der Waals surface area contributed by atoms with Crippen LogP contribution in [0.15, 0.2) is 4.99 Å². The van der Waals surface area contributed by atoms with E-state index in [1.165, 1.54) is 63.1 Å². The molecule has 0 aromatic rings. The first-order valence-electron chi connectivity index (χ1n) is 9.21. The van der Waals surface area contributed by atoms with Gasteiger partial charge in [-0.15, -0.1) is 0 Å². The number of aliphatic imine (C=N–C) groups is 1. The fourth-order valence-corrected chi connectivity index (χ4v) is 5.06. The van der Waals surface area contributed by atoms with Crippen molar-refractivity contribution in [1.29, 1.82) is 0 Å². The van der Waals surface area contributed by atoms with E-state index in [1.54, 1.807) is 0 Å². The molecule has 2 aliphatic heterocycles. The number of guanidine groups is 1. The quantitative estimate of drug-likeness (QED) is 0.589. The summed E-state index contributed by atoms with van der Waals surface area (Å²) in [6.45, 7) is 5.28. The number of nitrogens with zero attached hydrogens (tertiary/aromatic N) is 2. The van der Waals surface area contributed by atoms with Crippen LogP contribution in [0.25, 0.3) is 0 Å². The van der Waals surface area contributed by atoms with Crippen LogP contribution in [-0.2, 0) is 4.74 Å². The Morgan fingerprint density at radius 1 is 1.22 bits per heavy atom. The molecule has 5 nitrogen and oxygen atoms in total. The predicted octanol–water partition coefficient (Wildman–Crippen LogP) is 1.69. The average molecular weight is 341 g/mol. The van der Waals surface area contributed by atoms with E-state index >= 15 is 0 Å². The van der Waals surface area contributed by atoms with Crippen molar-refractivity contribution in [3.05, 3.63) is 0 Å². The van der Waals surface area contributed by atoms with Gasteiger partial charge in [0.15, 0.2) is 5.96 Å². The highest BCUT2D eigenvalue weighted by molar-refractivity contribution is 7.99. The highest BCUT2D eigenvalue weighted by Gasteiger charge is 2.39. The lowest BCUT2D eigenvalue weighted by atomic mass is 9.94. The van der Waals surface area contributed by atoms with Crippen LogP contribution < -0.4 is 10.6 Å². The molecular weight excluding hydrogens is 308 g/mol. The Bertz CT molecular complexity index is 386. The normalized spacial score (nSPS) is 28.9. The minimum atomic E-state index is 0.350. The number of nitrogens with one attached hydrogen (secondary N) is 2. The third kappa shape index (κ3) is 4.54. The van der Waals surface area contributed by atoms with Gasteiger partial charge in [-0.25, -0.2) is 0 Å². The lowest BCUT2D eigenvalue weighted by Gasteiger charge is -2.43. The molecule has 132 valence electrons. The fourth-order valence-electron chi connectivity index (χ4n) is 4.16. The molecule has 1 saturated carbocycles. The van der Waals surface area contributed by atoms with Crippen LogP contribution in [0.4, 0.5) is 0 Å². The predicted molar refractivity (Wildman–Crippen MR) is 98.4 cm³/mol. The summed E-state index contributed by atoms with van der Waals surface area (Å²) >= 11 is 2.10. The van der Waals surface area contributed by atoms with Crippen molar-refractivity contribution in [3.63, 3.8) is 0 Å². The van der Waals surface area contributed by atoms with Gasteiger partial charge in [-0.05, 0) is 25.7 Å². The monoisotopic (exact) mass is 340 g/mol. The summed E-state index contributed by atoms with van der Waals surface area (Å²) < 4.78 is 5.68. The Balaban J connectivity index is 1.50. The Morgan fingerprint density at radius 3 is 2.65 bits per heavy atom. The van der Waals surface area contributed by atoms with E-state index in [0.717, 1.165) is 25.7 Å². The first kappa shape index (κ1) is 17.4. The van der Waals surface area contributed by atoms with Gasteiger partial charge in [-0.2, -0.15) is 11.8 Å². The molecule has 0 bridgehead atoms. The van der Waals surface area contributed by atoms with Crippen LogP contribution in [0.2, 0.25) is 0 Å². The van der Waals surface area contributed by atoms with Gasteiger partial charge in [0.1, 0.15) is 0 Å². The summed E-state index contributed by atoms with van der Waals surface area (Å²) in [4.78, 5) is 7.15. The van der Waals surface area contributed by atoms with Gasteiger partial charge < -0.3 is 15.4 Å². The largest absolute Gasteiger partial charge is 0.376 e. The SMILES string of the molecule is CN=C(NCC1CCCO1)NCC1(N2CCSCC2)CCCC1. The summed E-state index contributed by atoms with van der Waals surface area (Å²) in [6, 6.07) is 0. The van der Waals surface area contributed by atoms with Crippen LogP contribution in [-0.4, -0.2) is 73.8 Å². The number of rotatable bonds is 5. The summed E-state index contributed by atoms with van der Waals surface area (Å²) in [6.07, 6.45) is 8.10. The molecule has 23 heavy (non-hydrogen) atoms. The summed E-state index contributed by atoms with van der Waals surface area (Å²) in [5.74, 6) is 3.50. The molecule has 0 aromatic carbocycles. The second-order valence-corrected chi connectivity index (χ2v) is 8.20. The molecule has 2 N–H and O–H groups in total. The van der Waals surface area contributed by atoms with Gasteiger partial charge in [-0.1, -0.05) is 12.8 Å². The Hall–Kier alpha value is -0.460. The van der Waals surface area contributed by atoms with Crippen LogP contribution in [0, 0.1) is 0 Å². The molecule has 1 aliphatic carbocycles. The van der Waals surface area contributed by atoms with E-state index in [2.05, 4.69) is 32.3 Å². The second kappa shape index (κ2) is 8.58. The van der Waals surface area contributed by atoms with E-state index < -0.39 is 0 Å². The second-order valence-electron chi connectivity index (χ2n) is 6.97. The van der Waals surface area contributed by atoms with Crippen molar-refractivity contribution < 1.29 is 4.74 Å². The third-order valence-corrected chi connectivity index (χ3v) is 6.49. The van der Waals surface area contributed by atoms with Crippen LogP contribution in [0.5, 0.6) is 0 Å². The zero-order chi connectivity index (χ0) is 16.0. The minimum Gasteiger partial charge on any atom is -0.376 e. The van der Waals surface area contributed by atoms with Crippen molar-refractivity contribution in [2.24, 2.45) is 4.99 Å². The van der Waals surface area contributed by atoms with E-state index in [-0.39, 0.29) is 0 Å². The Labute approximate surface area is 145 Å². The number of thioether (sulfide) groups is 1. The van der Waals surface area contributed by atoms with E-state index in [1.807, 2.05) is 7.05 Å². The molecule has 1 unspecified atom stereocenters. The van der Waals surface area contributed by atoms with Gasteiger partial charge in [0, 0.05) is 56.9 Å². The van der Waals surface area contributed by atoms with E-state index in [4.69, 9.17) is 4.74 Å². The maximum absolute atomic E-state index is 5.68. The Kier molecular flexibility index (Phi) is 6.48. The topological polar surface area (TPSA) is 48.9 Å². The maximum atomic E-state index is 5.68. The van der Waals surface area contributed by atoms with E-state index in [9.17, 15) is 0 Å². The fraction of sp³-hybridized carbons (Fsp3) is 0.941. The van der Waals surface area contributed by atoms with Gasteiger partial charge in [0.05, 0.1) is 6.10 Å². The average Bonchev–Trinajstić information content (AvgIpc) is 3.28. The molecule has 1 atom stereocenters. The highest BCUT2D eigenvalue weighted by Crippen LogP contribution is 2.36. The molecule has 2 heterocycles. The smallest absolute Gasteiger partial charge is 0.191 e. The Morgan fingerprint density at radius 2 is 2.00 bits per heavy atom. The molecule has 0 spiro atoms. The molecule has 2 saturated heterocycles. The van der Waals surface area contributed by atoms with Crippen molar-refractivity contribution in [2.75, 3.05) is 51.3 Å². The molecule has 0 aromatic heterocycles. The minimum absolute atomic E-state index is 0.350. The van der Waals surface area contributed by atoms with Crippen LogP contribution >= 0.6 is 11.8 Å². The third-order valence-electron chi connectivity index (χ3n) is 5.55. The zero-order valence-corrected chi connectivity index (χ0v) is 15.3. The molecule has 0 amide bonds. The highest BCUT2D eigenvalue weighted by atomic mass is 32.2. The number of hydrogen-bond donors (Lipinski definition) is 2. The molecule has 3 rings (SSSR count). The molecule has 3 aliphatic rings.